The molecule has 12 rings (SSSR count). The van der Waals surface area contributed by atoms with Crippen LogP contribution in [-0.4, -0.2) is 0 Å². The van der Waals surface area contributed by atoms with Crippen LogP contribution in [0.25, 0.3) is 55.6 Å². The zero-order chi connectivity index (χ0) is 41.7. The fraction of sp³-hybridized carbons (Fsp3) is 0.0323. The molecule has 296 valence electrons. The molecule has 0 radical (unpaired) electrons. The highest BCUT2D eigenvalue weighted by Crippen LogP contribution is 2.59. The second-order valence-corrected chi connectivity index (χ2v) is 16.8. The quantitative estimate of drug-likeness (QED) is 0.148. The van der Waals surface area contributed by atoms with Crippen molar-refractivity contribution in [2.24, 2.45) is 0 Å². The molecule has 2 aliphatic carbocycles. The Bertz CT molecular complexity index is 3120. The first-order valence-electron chi connectivity index (χ1n) is 22.0. The Morgan fingerprint density at radius 2 is 0.683 bits per heavy atom. The summed E-state index contributed by atoms with van der Waals surface area (Å²) in [4.78, 5) is 2.37. The van der Waals surface area contributed by atoms with Gasteiger partial charge in [-0.05, 0) is 132 Å². The van der Waals surface area contributed by atoms with Crippen molar-refractivity contribution in [2.75, 3.05) is 4.90 Å². The van der Waals surface area contributed by atoms with E-state index in [1.165, 1.54) is 89.0 Å². The lowest BCUT2D eigenvalue weighted by Gasteiger charge is -2.34. The maximum atomic E-state index is 2.43. The fourth-order valence-electron chi connectivity index (χ4n) is 10.6. The molecular formula is C62H43N. The molecule has 0 amide bonds. The largest absolute Gasteiger partial charge is 0.311 e. The Labute approximate surface area is 369 Å². The second kappa shape index (κ2) is 15.2. The zero-order valence-electron chi connectivity index (χ0n) is 34.8. The molecule has 1 nitrogen and oxygen atoms in total. The first-order chi connectivity index (χ1) is 31.3. The van der Waals surface area contributed by atoms with Gasteiger partial charge >= 0.3 is 0 Å². The minimum absolute atomic E-state index is 0.410. The fourth-order valence-corrected chi connectivity index (χ4v) is 10.6. The molecule has 0 unspecified atom stereocenters. The van der Waals surface area contributed by atoms with Crippen LogP contribution in [0.4, 0.5) is 17.1 Å². The summed E-state index contributed by atoms with van der Waals surface area (Å²) in [5.74, 6) is 0. The van der Waals surface area contributed by atoms with Gasteiger partial charge in [-0.1, -0.05) is 212 Å². The topological polar surface area (TPSA) is 3.24 Å². The molecule has 0 saturated carbocycles. The van der Waals surface area contributed by atoms with Crippen LogP contribution in [0.5, 0.6) is 0 Å². The third-order valence-electron chi connectivity index (χ3n) is 13.5. The monoisotopic (exact) mass is 801 g/mol. The SMILES string of the molecule is c1ccc(-c2ccc(N(c3ccc(-c4ccccc4)cc3)c3ccc(-c4cccc5c4Cc4c-5ccc5c4-c4ccccc4C5(c4ccccc4)c4ccccc4)cc3)cc2)cc1. The van der Waals surface area contributed by atoms with E-state index in [-0.39, 0.29) is 0 Å². The van der Waals surface area contributed by atoms with Gasteiger partial charge in [0.1, 0.15) is 0 Å². The van der Waals surface area contributed by atoms with E-state index in [9.17, 15) is 0 Å². The van der Waals surface area contributed by atoms with Crippen molar-refractivity contribution in [1.82, 2.24) is 0 Å². The molecule has 0 bridgehead atoms. The lowest BCUT2D eigenvalue weighted by atomic mass is 9.67. The number of anilines is 3. The molecule has 0 fully saturated rings. The van der Waals surface area contributed by atoms with E-state index in [2.05, 4.69) is 254 Å². The van der Waals surface area contributed by atoms with Crippen molar-refractivity contribution in [2.45, 2.75) is 11.8 Å². The molecule has 0 saturated heterocycles. The van der Waals surface area contributed by atoms with Gasteiger partial charge in [0, 0.05) is 17.1 Å². The molecule has 0 N–H and O–H groups in total. The first kappa shape index (κ1) is 36.8. The van der Waals surface area contributed by atoms with Crippen molar-refractivity contribution in [3.8, 4) is 55.6 Å². The van der Waals surface area contributed by atoms with Crippen LogP contribution in [0, 0.1) is 0 Å². The summed E-state index contributed by atoms with van der Waals surface area (Å²) in [6.07, 6.45) is 0.882. The molecule has 1 heteroatoms. The van der Waals surface area contributed by atoms with Gasteiger partial charge in [-0.3, -0.25) is 0 Å². The van der Waals surface area contributed by atoms with Crippen molar-refractivity contribution in [3.05, 3.63) is 282 Å². The summed E-state index contributed by atoms with van der Waals surface area (Å²) in [5, 5.41) is 0. The van der Waals surface area contributed by atoms with E-state index in [1.54, 1.807) is 0 Å². The predicted molar refractivity (Wildman–Crippen MR) is 263 cm³/mol. The molecule has 2 aliphatic rings. The average Bonchev–Trinajstić information content (AvgIpc) is 3.90. The van der Waals surface area contributed by atoms with E-state index in [0.717, 1.165) is 23.5 Å². The molecule has 0 spiro atoms. The van der Waals surface area contributed by atoms with Gasteiger partial charge in [0.25, 0.3) is 0 Å². The number of nitrogens with zero attached hydrogens (tertiary/aromatic N) is 1. The Hall–Kier alpha value is -8.00. The van der Waals surface area contributed by atoms with Crippen LogP contribution in [0.1, 0.15) is 33.4 Å². The molecule has 0 heterocycles. The van der Waals surface area contributed by atoms with E-state index in [4.69, 9.17) is 0 Å². The van der Waals surface area contributed by atoms with Crippen LogP contribution in [0.15, 0.2) is 249 Å². The van der Waals surface area contributed by atoms with Crippen molar-refractivity contribution in [1.29, 1.82) is 0 Å². The summed E-state index contributed by atoms with van der Waals surface area (Å²) in [5.41, 5.74) is 23.8. The Morgan fingerprint density at radius 1 is 0.270 bits per heavy atom. The standard InChI is InChI=1S/C62H43N/c1-5-16-43(17-6-1)45-28-34-50(35-29-45)63(51-36-30-46(31-37-51)44-18-7-2-8-19-44)52-38-32-47(33-39-52)53-25-15-26-54-55-40-41-60-61(58(55)42-57(53)54)56-24-13-14-27-59(56)62(60,48-20-9-3-10-21-48)49-22-11-4-12-23-49/h1-41H,42H2. The summed E-state index contributed by atoms with van der Waals surface area (Å²) in [7, 11) is 0. The predicted octanol–water partition coefficient (Wildman–Crippen LogP) is 16.1. The summed E-state index contributed by atoms with van der Waals surface area (Å²) in [6, 6.07) is 91.3. The highest BCUT2D eigenvalue weighted by molar-refractivity contribution is 5.96. The van der Waals surface area contributed by atoms with Gasteiger partial charge < -0.3 is 4.90 Å². The molecule has 10 aromatic rings. The number of hydrogen-bond acceptors (Lipinski definition) is 1. The third kappa shape index (κ3) is 6.00. The first-order valence-corrected chi connectivity index (χ1v) is 22.0. The Balaban J connectivity index is 0.937. The van der Waals surface area contributed by atoms with Gasteiger partial charge in [0.15, 0.2) is 0 Å². The van der Waals surface area contributed by atoms with Crippen LogP contribution in [-0.2, 0) is 11.8 Å². The number of hydrogen-bond donors (Lipinski definition) is 0. The van der Waals surface area contributed by atoms with E-state index in [1.807, 2.05) is 0 Å². The van der Waals surface area contributed by atoms with Gasteiger partial charge in [-0.2, -0.15) is 0 Å². The average molecular weight is 802 g/mol. The number of benzene rings is 10. The Kier molecular flexibility index (Phi) is 8.86. The molecule has 63 heavy (non-hydrogen) atoms. The van der Waals surface area contributed by atoms with E-state index in [0.29, 0.717) is 0 Å². The number of rotatable bonds is 8. The molecular weight excluding hydrogens is 759 g/mol. The van der Waals surface area contributed by atoms with Crippen LogP contribution < -0.4 is 4.90 Å². The van der Waals surface area contributed by atoms with Crippen molar-refractivity contribution < 1.29 is 0 Å². The normalized spacial score (nSPS) is 12.8. The van der Waals surface area contributed by atoms with Crippen LogP contribution >= 0.6 is 0 Å². The molecule has 0 atom stereocenters. The smallest absolute Gasteiger partial charge is 0.0713 e. The number of fused-ring (bicyclic) bond motifs is 7. The maximum absolute atomic E-state index is 2.43. The van der Waals surface area contributed by atoms with Gasteiger partial charge in [0.2, 0.25) is 0 Å². The van der Waals surface area contributed by atoms with Crippen molar-refractivity contribution >= 4 is 17.1 Å². The second-order valence-electron chi connectivity index (χ2n) is 16.8. The van der Waals surface area contributed by atoms with Crippen LogP contribution in [0.2, 0.25) is 0 Å². The molecule has 10 aromatic carbocycles. The highest BCUT2D eigenvalue weighted by Gasteiger charge is 2.47. The van der Waals surface area contributed by atoms with Crippen LogP contribution in [0.3, 0.4) is 0 Å². The minimum Gasteiger partial charge on any atom is -0.311 e. The van der Waals surface area contributed by atoms with E-state index >= 15 is 0 Å². The minimum atomic E-state index is -0.410. The van der Waals surface area contributed by atoms with Gasteiger partial charge in [-0.25, -0.2) is 0 Å². The van der Waals surface area contributed by atoms with E-state index < -0.39 is 5.41 Å². The lowest BCUT2D eigenvalue weighted by Crippen LogP contribution is -2.28. The Morgan fingerprint density at radius 3 is 1.22 bits per heavy atom. The molecule has 0 aromatic heterocycles. The summed E-state index contributed by atoms with van der Waals surface area (Å²) < 4.78 is 0. The van der Waals surface area contributed by atoms with Gasteiger partial charge in [-0.15, -0.1) is 0 Å². The zero-order valence-corrected chi connectivity index (χ0v) is 34.8. The third-order valence-corrected chi connectivity index (χ3v) is 13.5. The highest BCUT2D eigenvalue weighted by atomic mass is 15.1. The lowest BCUT2D eigenvalue weighted by molar-refractivity contribution is 0.768. The summed E-state index contributed by atoms with van der Waals surface area (Å²) in [6.45, 7) is 0. The summed E-state index contributed by atoms with van der Waals surface area (Å²) >= 11 is 0. The molecule has 0 aliphatic heterocycles. The van der Waals surface area contributed by atoms with Gasteiger partial charge in [0.05, 0.1) is 5.41 Å². The van der Waals surface area contributed by atoms with Crippen molar-refractivity contribution in [3.63, 3.8) is 0 Å². The maximum Gasteiger partial charge on any atom is 0.0713 e.